The smallest absolute Gasteiger partial charge is 0.328 e. The van der Waals surface area contributed by atoms with E-state index < -0.39 is 35.7 Å². The average molecular weight is 612 g/mol. The first kappa shape index (κ1) is 30.0. The minimum atomic E-state index is -0.871. The minimum absolute atomic E-state index is 0.0208. The molecule has 13 heteroatoms. The lowest BCUT2D eigenvalue weighted by atomic mass is 10.1. The maximum absolute atomic E-state index is 13.7. The van der Waals surface area contributed by atoms with Gasteiger partial charge < -0.3 is 29.7 Å². The Balaban J connectivity index is 1.36. The van der Waals surface area contributed by atoms with Crippen LogP contribution in [0.5, 0.6) is 5.75 Å². The molecule has 11 nitrogen and oxygen atoms in total. The molecule has 0 spiro atoms. The van der Waals surface area contributed by atoms with Crippen molar-refractivity contribution in [1.82, 2.24) is 14.9 Å². The number of fused-ring (bicyclic) bond motifs is 1. The quantitative estimate of drug-likeness (QED) is 0.234. The second-order valence-corrected chi connectivity index (χ2v) is 10.7. The summed E-state index contributed by atoms with van der Waals surface area (Å²) in [7, 11) is 2.48. The highest BCUT2D eigenvalue weighted by Crippen LogP contribution is 2.36. The van der Waals surface area contributed by atoms with E-state index in [4.69, 9.17) is 25.8 Å². The predicted octanol–water partition coefficient (Wildman–Crippen LogP) is 4.63. The third kappa shape index (κ3) is 6.96. The summed E-state index contributed by atoms with van der Waals surface area (Å²) in [5.74, 6) is -0.633. The molecule has 226 valence electrons. The fourth-order valence-electron chi connectivity index (χ4n) is 4.91. The summed E-state index contributed by atoms with van der Waals surface area (Å²) in [6.45, 7) is 0.790. The molecule has 2 unspecified atom stereocenters. The molecular weight excluding hydrogens is 581 g/mol. The van der Waals surface area contributed by atoms with Crippen molar-refractivity contribution in [2.45, 2.75) is 37.8 Å². The number of ether oxygens (including phenoxy) is 3. The van der Waals surface area contributed by atoms with Crippen molar-refractivity contribution < 1.29 is 33.0 Å². The summed E-state index contributed by atoms with van der Waals surface area (Å²) in [6.07, 6.45) is 7.16. The molecule has 43 heavy (non-hydrogen) atoms. The lowest BCUT2D eigenvalue weighted by molar-refractivity contribution is -0.156. The molecule has 5 rings (SSSR count). The number of methoxy groups -OCH3 is 2. The van der Waals surface area contributed by atoms with Gasteiger partial charge in [0.1, 0.15) is 35.8 Å². The largest absolute Gasteiger partial charge is 0.491 e. The van der Waals surface area contributed by atoms with E-state index in [1.807, 2.05) is 12.1 Å². The fourth-order valence-corrected chi connectivity index (χ4v) is 5.09. The van der Waals surface area contributed by atoms with Crippen LogP contribution in [0.4, 0.5) is 21.6 Å². The number of carbonyl (C=O) groups excluding carboxylic acids is 3. The SMILES string of the molecule is COC(=O)C1CCC(C(=O)OC)N1C(=O)/C=C/CNc1cc2c(Nc3ccc(F)c(Cl)c3)ncnc2cc1OCC1CC1. The van der Waals surface area contributed by atoms with Crippen LogP contribution < -0.4 is 15.4 Å². The van der Waals surface area contributed by atoms with Crippen LogP contribution in [-0.4, -0.2) is 72.2 Å². The fraction of sp³-hybridized carbons (Fsp3) is 0.367. The van der Waals surface area contributed by atoms with E-state index in [1.165, 1.54) is 43.7 Å². The van der Waals surface area contributed by atoms with Gasteiger partial charge in [-0.25, -0.2) is 23.9 Å². The number of benzene rings is 2. The highest BCUT2D eigenvalue weighted by Gasteiger charge is 2.44. The van der Waals surface area contributed by atoms with Crippen molar-refractivity contribution in [2.24, 2.45) is 5.92 Å². The van der Waals surface area contributed by atoms with Gasteiger partial charge in [0.25, 0.3) is 0 Å². The third-order valence-corrected chi connectivity index (χ3v) is 7.64. The number of likely N-dealkylation sites (tertiary alicyclic amines) is 1. The Morgan fingerprint density at radius 1 is 1.05 bits per heavy atom. The normalized spacial score (nSPS) is 18.1. The summed E-state index contributed by atoms with van der Waals surface area (Å²) in [5, 5.41) is 7.08. The lowest BCUT2D eigenvalue weighted by Gasteiger charge is -2.26. The van der Waals surface area contributed by atoms with Crippen molar-refractivity contribution in [3.05, 3.63) is 59.7 Å². The van der Waals surface area contributed by atoms with Crippen LogP contribution in [-0.2, 0) is 23.9 Å². The predicted molar refractivity (Wildman–Crippen MR) is 158 cm³/mol. The molecule has 1 amide bonds. The first-order valence-corrected chi connectivity index (χ1v) is 14.2. The summed E-state index contributed by atoms with van der Waals surface area (Å²) < 4.78 is 29.5. The monoisotopic (exact) mass is 611 g/mol. The number of hydrogen-bond acceptors (Lipinski definition) is 10. The van der Waals surface area contributed by atoms with E-state index in [0.717, 1.165) is 12.8 Å². The molecule has 0 bridgehead atoms. The topological polar surface area (TPSA) is 132 Å². The maximum Gasteiger partial charge on any atom is 0.328 e. The number of nitrogens with zero attached hydrogens (tertiary/aromatic N) is 3. The number of esters is 2. The zero-order chi connectivity index (χ0) is 30.5. The number of amides is 1. The Kier molecular flexibility index (Phi) is 9.24. The van der Waals surface area contributed by atoms with Crippen LogP contribution in [0.2, 0.25) is 5.02 Å². The number of aromatic nitrogens is 2. The van der Waals surface area contributed by atoms with Gasteiger partial charge in [-0.2, -0.15) is 0 Å². The van der Waals surface area contributed by atoms with Crippen LogP contribution in [0.25, 0.3) is 10.9 Å². The van der Waals surface area contributed by atoms with Crippen LogP contribution in [0.3, 0.4) is 0 Å². The second kappa shape index (κ2) is 13.2. The molecular formula is C30H31ClFN5O6. The molecule has 3 aromatic rings. The first-order valence-electron chi connectivity index (χ1n) is 13.8. The van der Waals surface area contributed by atoms with Gasteiger partial charge in [-0.15, -0.1) is 0 Å². The van der Waals surface area contributed by atoms with Gasteiger partial charge in [-0.05, 0) is 55.9 Å². The zero-order valence-corrected chi connectivity index (χ0v) is 24.4. The zero-order valence-electron chi connectivity index (χ0n) is 23.6. The van der Waals surface area contributed by atoms with E-state index in [1.54, 1.807) is 12.1 Å². The van der Waals surface area contributed by atoms with E-state index in [9.17, 15) is 18.8 Å². The van der Waals surface area contributed by atoms with Crippen LogP contribution in [0.1, 0.15) is 25.7 Å². The van der Waals surface area contributed by atoms with Gasteiger partial charge >= 0.3 is 11.9 Å². The Morgan fingerprint density at radius 2 is 1.77 bits per heavy atom. The summed E-state index contributed by atoms with van der Waals surface area (Å²) >= 11 is 5.95. The van der Waals surface area contributed by atoms with Gasteiger partial charge in [0, 0.05) is 29.8 Å². The standard InChI is InChI=1S/C30H31ClFN5O6/c1-41-29(39)24-9-10-25(30(40)42-2)37(24)27(38)4-3-11-33-23-13-19-22(14-26(23)43-15-17-5-6-17)34-16-35-28(19)36-18-7-8-21(32)20(31)12-18/h3-4,7-8,12-14,16-17,24-25,33H,5-6,9-11,15H2,1-2H3,(H,34,35,36)/b4-3+. The Labute approximate surface area is 252 Å². The number of rotatable bonds is 11. The molecule has 1 aromatic heterocycles. The van der Waals surface area contributed by atoms with Crippen LogP contribution in [0, 0.1) is 11.7 Å². The number of carbonyl (C=O) groups is 3. The highest BCUT2D eigenvalue weighted by molar-refractivity contribution is 6.31. The summed E-state index contributed by atoms with van der Waals surface area (Å²) in [5.41, 5.74) is 1.82. The number of nitrogens with one attached hydrogen (secondary N) is 2. The van der Waals surface area contributed by atoms with Gasteiger partial charge in [0.05, 0.1) is 37.1 Å². The highest BCUT2D eigenvalue weighted by atomic mass is 35.5. The molecule has 2 aromatic carbocycles. The molecule has 1 aliphatic carbocycles. The number of anilines is 3. The second-order valence-electron chi connectivity index (χ2n) is 10.3. The molecule has 1 aliphatic heterocycles. The molecule has 1 saturated carbocycles. The van der Waals surface area contributed by atoms with E-state index >= 15 is 0 Å². The first-order chi connectivity index (χ1) is 20.8. The molecule has 2 fully saturated rings. The lowest BCUT2D eigenvalue weighted by Crippen LogP contribution is -2.48. The number of halogens is 2. The van der Waals surface area contributed by atoms with E-state index in [2.05, 4.69) is 20.6 Å². The molecule has 2 atom stereocenters. The Morgan fingerprint density at radius 3 is 2.42 bits per heavy atom. The van der Waals surface area contributed by atoms with Gasteiger partial charge in [0.15, 0.2) is 0 Å². The van der Waals surface area contributed by atoms with Crippen molar-refractivity contribution in [1.29, 1.82) is 0 Å². The van der Waals surface area contributed by atoms with E-state index in [-0.39, 0.29) is 11.6 Å². The van der Waals surface area contributed by atoms with Crippen LogP contribution in [0.15, 0.2) is 48.8 Å². The molecule has 2 heterocycles. The maximum atomic E-state index is 13.7. The average Bonchev–Trinajstić information content (AvgIpc) is 3.74. The molecule has 0 radical (unpaired) electrons. The van der Waals surface area contributed by atoms with Crippen LogP contribution >= 0.6 is 11.6 Å². The molecule has 2 N–H and O–H groups in total. The van der Waals surface area contributed by atoms with Gasteiger partial charge in [0.2, 0.25) is 5.91 Å². The Bertz CT molecular complexity index is 1540. The summed E-state index contributed by atoms with van der Waals surface area (Å²) in [6, 6.07) is 6.19. The van der Waals surface area contributed by atoms with Gasteiger partial charge in [-0.1, -0.05) is 17.7 Å². The Hall–Kier alpha value is -4.45. The third-order valence-electron chi connectivity index (χ3n) is 7.35. The van der Waals surface area contributed by atoms with Gasteiger partial charge in [-0.3, -0.25) is 4.79 Å². The van der Waals surface area contributed by atoms with E-state index in [0.29, 0.717) is 59.2 Å². The minimum Gasteiger partial charge on any atom is -0.491 e. The van der Waals surface area contributed by atoms with Crippen molar-refractivity contribution in [2.75, 3.05) is 38.0 Å². The molecule has 2 aliphatic rings. The number of hydrogen-bond donors (Lipinski definition) is 2. The molecule has 1 saturated heterocycles. The summed E-state index contributed by atoms with van der Waals surface area (Å²) in [4.78, 5) is 47.6. The van der Waals surface area contributed by atoms with Crippen molar-refractivity contribution in [3.8, 4) is 5.75 Å². The van der Waals surface area contributed by atoms with Crippen molar-refractivity contribution in [3.63, 3.8) is 0 Å². The van der Waals surface area contributed by atoms with Crippen molar-refractivity contribution >= 4 is 57.5 Å².